The first-order valence-electron chi connectivity index (χ1n) is 6.45. The topological polar surface area (TPSA) is 99.4 Å². The van der Waals surface area contributed by atoms with E-state index >= 15 is 0 Å². The van der Waals surface area contributed by atoms with Crippen molar-refractivity contribution in [3.63, 3.8) is 0 Å². The number of methoxy groups -OCH3 is 1. The van der Waals surface area contributed by atoms with Crippen LogP contribution in [0.5, 0.6) is 5.75 Å². The summed E-state index contributed by atoms with van der Waals surface area (Å²) in [5.74, 6) is -2.36. The van der Waals surface area contributed by atoms with Gasteiger partial charge in [-0.25, -0.2) is 0 Å². The lowest BCUT2D eigenvalue weighted by molar-refractivity contribution is -0.140. The third kappa shape index (κ3) is 2.42. The molecular formula is C15H16N2O4. The first-order valence-corrected chi connectivity index (χ1v) is 6.45. The lowest BCUT2D eigenvalue weighted by atomic mass is 10.1. The SMILES string of the molecule is COc1cccc(C#N)c1NC(=O)C1C(C(=O)O)C1(C)C. The molecule has 0 saturated heterocycles. The van der Waals surface area contributed by atoms with Gasteiger partial charge in [-0.2, -0.15) is 5.26 Å². The molecule has 6 nitrogen and oxygen atoms in total. The van der Waals surface area contributed by atoms with Crippen molar-refractivity contribution < 1.29 is 19.4 Å². The van der Waals surface area contributed by atoms with E-state index in [0.717, 1.165) is 0 Å². The van der Waals surface area contributed by atoms with Gasteiger partial charge in [0, 0.05) is 0 Å². The maximum Gasteiger partial charge on any atom is 0.307 e. The van der Waals surface area contributed by atoms with Crippen LogP contribution in [-0.2, 0) is 9.59 Å². The number of rotatable bonds is 4. The Kier molecular flexibility index (Phi) is 3.60. The lowest BCUT2D eigenvalue weighted by Gasteiger charge is -2.12. The molecule has 1 fully saturated rings. The van der Waals surface area contributed by atoms with Crippen LogP contribution in [0.1, 0.15) is 19.4 Å². The number of amides is 1. The molecule has 1 aliphatic carbocycles. The minimum atomic E-state index is -0.985. The second-order valence-corrected chi connectivity index (χ2v) is 5.60. The van der Waals surface area contributed by atoms with Crippen LogP contribution >= 0.6 is 0 Å². The number of anilines is 1. The van der Waals surface area contributed by atoms with E-state index < -0.39 is 29.1 Å². The fraction of sp³-hybridized carbons (Fsp3) is 0.400. The van der Waals surface area contributed by atoms with E-state index in [9.17, 15) is 9.59 Å². The van der Waals surface area contributed by atoms with Crippen LogP contribution in [0.4, 0.5) is 5.69 Å². The van der Waals surface area contributed by atoms with Crippen molar-refractivity contribution in [3.05, 3.63) is 23.8 Å². The zero-order chi connectivity index (χ0) is 15.8. The average molecular weight is 288 g/mol. The number of carboxylic acids is 1. The molecule has 0 spiro atoms. The maximum absolute atomic E-state index is 12.3. The second-order valence-electron chi connectivity index (χ2n) is 5.60. The largest absolute Gasteiger partial charge is 0.495 e. The number of hydrogen-bond donors (Lipinski definition) is 2. The highest BCUT2D eigenvalue weighted by Gasteiger charge is 2.65. The number of nitrogens with zero attached hydrogens (tertiary/aromatic N) is 1. The quantitative estimate of drug-likeness (QED) is 0.881. The van der Waals surface area contributed by atoms with Crippen molar-refractivity contribution in [1.29, 1.82) is 5.26 Å². The van der Waals surface area contributed by atoms with E-state index in [4.69, 9.17) is 15.1 Å². The first-order chi connectivity index (χ1) is 9.84. The lowest BCUT2D eigenvalue weighted by Crippen LogP contribution is -2.19. The van der Waals surface area contributed by atoms with Crippen molar-refractivity contribution in [2.45, 2.75) is 13.8 Å². The van der Waals surface area contributed by atoms with Gasteiger partial charge < -0.3 is 15.2 Å². The summed E-state index contributed by atoms with van der Waals surface area (Å²) in [5.41, 5.74) is -0.0440. The van der Waals surface area contributed by atoms with Gasteiger partial charge in [0.25, 0.3) is 0 Å². The normalized spacial score (nSPS) is 22.0. The highest BCUT2D eigenvalue weighted by molar-refractivity contribution is 6.01. The monoisotopic (exact) mass is 288 g/mol. The minimum Gasteiger partial charge on any atom is -0.495 e. The minimum absolute atomic E-state index is 0.271. The molecule has 2 rings (SSSR count). The van der Waals surface area contributed by atoms with Crippen LogP contribution in [0.25, 0.3) is 0 Å². The van der Waals surface area contributed by atoms with Gasteiger partial charge in [-0.3, -0.25) is 9.59 Å². The van der Waals surface area contributed by atoms with Crippen LogP contribution < -0.4 is 10.1 Å². The summed E-state index contributed by atoms with van der Waals surface area (Å²) in [6.07, 6.45) is 0. The number of ether oxygens (including phenoxy) is 1. The van der Waals surface area contributed by atoms with E-state index in [1.165, 1.54) is 7.11 Å². The van der Waals surface area contributed by atoms with Gasteiger partial charge in [0.05, 0.1) is 24.5 Å². The Bertz CT molecular complexity index is 646. The molecule has 0 aromatic heterocycles. The number of nitrogens with one attached hydrogen (secondary N) is 1. The number of aliphatic carboxylic acids is 1. The van der Waals surface area contributed by atoms with Crippen molar-refractivity contribution in [2.24, 2.45) is 17.3 Å². The van der Waals surface area contributed by atoms with Crippen molar-refractivity contribution in [2.75, 3.05) is 12.4 Å². The number of nitriles is 1. The van der Waals surface area contributed by atoms with Gasteiger partial charge in [0.1, 0.15) is 17.5 Å². The van der Waals surface area contributed by atoms with E-state index in [1.807, 2.05) is 6.07 Å². The second kappa shape index (κ2) is 5.09. The third-order valence-electron chi connectivity index (χ3n) is 3.99. The zero-order valence-corrected chi connectivity index (χ0v) is 12.0. The van der Waals surface area contributed by atoms with Crippen LogP contribution in [0.15, 0.2) is 18.2 Å². The smallest absolute Gasteiger partial charge is 0.307 e. The van der Waals surface area contributed by atoms with E-state index in [2.05, 4.69) is 5.32 Å². The summed E-state index contributed by atoms with van der Waals surface area (Å²) in [7, 11) is 1.44. The Morgan fingerprint density at radius 3 is 2.52 bits per heavy atom. The van der Waals surface area contributed by atoms with Crippen molar-refractivity contribution >= 4 is 17.6 Å². The Morgan fingerprint density at radius 2 is 2.05 bits per heavy atom. The zero-order valence-electron chi connectivity index (χ0n) is 12.0. The predicted molar refractivity (Wildman–Crippen MR) is 74.7 cm³/mol. The fourth-order valence-corrected chi connectivity index (χ4v) is 2.71. The molecule has 0 bridgehead atoms. The molecule has 110 valence electrons. The summed E-state index contributed by atoms with van der Waals surface area (Å²) in [6.45, 7) is 3.48. The average Bonchev–Trinajstić information content (AvgIpc) is 3.02. The standard InChI is InChI=1S/C15H16N2O4/c1-15(2)10(11(15)14(19)20)13(18)17-12-8(7-16)5-4-6-9(12)21-3/h4-6,10-11H,1-3H3,(H,17,18)(H,19,20). The summed E-state index contributed by atoms with van der Waals surface area (Å²) in [4.78, 5) is 23.4. The molecule has 1 aliphatic rings. The summed E-state index contributed by atoms with van der Waals surface area (Å²) < 4.78 is 5.13. The first kappa shape index (κ1) is 14.9. The molecule has 6 heteroatoms. The summed E-state index contributed by atoms with van der Waals surface area (Å²) >= 11 is 0. The van der Waals surface area contributed by atoms with Gasteiger partial charge in [-0.05, 0) is 17.5 Å². The maximum atomic E-state index is 12.3. The summed E-state index contributed by atoms with van der Waals surface area (Å²) in [5, 5.41) is 20.8. The number of para-hydroxylation sites is 1. The number of carbonyl (C=O) groups is 2. The molecule has 0 radical (unpaired) electrons. The van der Waals surface area contributed by atoms with Crippen LogP contribution in [0.2, 0.25) is 0 Å². The molecule has 2 N–H and O–H groups in total. The Balaban J connectivity index is 2.26. The molecule has 0 aliphatic heterocycles. The highest BCUT2D eigenvalue weighted by atomic mass is 16.5. The van der Waals surface area contributed by atoms with Gasteiger partial charge in [-0.15, -0.1) is 0 Å². The molecular weight excluding hydrogens is 272 g/mol. The van der Waals surface area contributed by atoms with Gasteiger partial charge >= 0.3 is 5.97 Å². The van der Waals surface area contributed by atoms with Crippen LogP contribution in [0, 0.1) is 28.6 Å². The van der Waals surface area contributed by atoms with Gasteiger partial charge in [0.15, 0.2) is 0 Å². The summed E-state index contributed by atoms with van der Waals surface area (Å²) in [6, 6.07) is 6.81. The fourth-order valence-electron chi connectivity index (χ4n) is 2.71. The van der Waals surface area contributed by atoms with E-state index in [1.54, 1.807) is 32.0 Å². The van der Waals surface area contributed by atoms with E-state index in [0.29, 0.717) is 5.75 Å². The molecule has 1 saturated carbocycles. The van der Waals surface area contributed by atoms with Crippen molar-refractivity contribution in [3.8, 4) is 11.8 Å². The van der Waals surface area contributed by atoms with Gasteiger partial charge in [0.2, 0.25) is 5.91 Å². The van der Waals surface area contributed by atoms with Gasteiger partial charge in [-0.1, -0.05) is 19.9 Å². The molecule has 21 heavy (non-hydrogen) atoms. The molecule has 2 unspecified atom stereocenters. The number of hydrogen-bond acceptors (Lipinski definition) is 4. The molecule has 1 amide bonds. The van der Waals surface area contributed by atoms with Crippen molar-refractivity contribution in [1.82, 2.24) is 0 Å². The Morgan fingerprint density at radius 1 is 1.38 bits per heavy atom. The predicted octanol–water partition coefficient (Wildman–Crippen LogP) is 1.86. The Labute approximate surface area is 122 Å². The molecule has 2 atom stereocenters. The van der Waals surface area contributed by atoms with E-state index in [-0.39, 0.29) is 11.3 Å². The number of carboxylic acid groups (broad SMARTS) is 1. The highest BCUT2D eigenvalue weighted by Crippen LogP contribution is 2.58. The molecule has 1 aromatic rings. The molecule has 0 heterocycles. The number of carbonyl (C=O) groups excluding carboxylic acids is 1. The number of benzene rings is 1. The Hall–Kier alpha value is -2.55. The van der Waals surface area contributed by atoms with Crippen LogP contribution in [-0.4, -0.2) is 24.1 Å². The molecule has 1 aromatic carbocycles. The van der Waals surface area contributed by atoms with Crippen LogP contribution in [0.3, 0.4) is 0 Å². The third-order valence-corrected chi connectivity index (χ3v) is 3.99.